The minimum absolute atomic E-state index is 0.170. The molecule has 0 rings (SSSR count). The lowest BCUT2D eigenvalue weighted by Crippen LogP contribution is -2.35. The van der Waals surface area contributed by atoms with Crippen molar-refractivity contribution in [1.82, 2.24) is 5.32 Å². The van der Waals surface area contributed by atoms with Gasteiger partial charge in [0.15, 0.2) is 0 Å². The highest BCUT2D eigenvalue weighted by molar-refractivity contribution is 5.64. The first kappa shape index (κ1) is 9.97. The van der Waals surface area contributed by atoms with Crippen molar-refractivity contribution in [2.75, 3.05) is 6.61 Å². The zero-order valence-electron chi connectivity index (χ0n) is 6.45. The Morgan fingerprint density at radius 3 is 2.73 bits per heavy atom. The molecule has 0 spiro atoms. The Kier molecular flexibility index (Phi) is 5.20. The van der Waals surface area contributed by atoms with Crippen LogP contribution >= 0.6 is 0 Å². The van der Waals surface area contributed by atoms with Gasteiger partial charge >= 0.3 is 6.09 Å². The average molecular weight is 159 g/mol. The quantitative estimate of drug-likeness (QED) is 0.525. The van der Waals surface area contributed by atoms with Crippen LogP contribution in [0.25, 0.3) is 0 Å². The Morgan fingerprint density at radius 1 is 1.73 bits per heavy atom. The van der Waals surface area contributed by atoms with Gasteiger partial charge in [0.1, 0.15) is 0 Å². The third kappa shape index (κ3) is 5.42. The minimum atomic E-state index is -1.10. The molecule has 0 heterocycles. The number of rotatable bonds is 4. The molecule has 0 radical (unpaired) electrons. The molecule has 0 aromatic carbocycles. The lowest BCUT2D eigenvalue weighted by atomic mass is 10.2. The summed E-state index contributed by atoms with van der Waals surface area (Å²) in [6.45, 7) is 1.67. The summed E-state index contributed by atoms with van der Waals surface area (Å²) >= 11 is 0. The lowest BCUT2D eigenvalue weighted by Gasteiger charge is -2.10. The molecule has 0 aliphatic heterocycles. The number of allylic oxidation sites excluding steroid dienone is 1. The molecule has 1 amide bonds. The Bertz CT molecular complexity index is 145. The van der Waals surface area contributed by atoms with E-state index in [0.717, 1.165) is 0 Å². The third-order valence-electron chi connectivity index (χ3n) is 1.20. The lowest BCUT2D eigenvalue weighted by molar-refractivity contribution is 0.177. The Labute approximate surface area is 65.5 Å². The summed E-state index contributed by atoms with van der Waals surface area (Å²) in [5, 5.41) is 19.1. The van der Waals surface area contributed by atoms with Gasteiger partial charge in [0, 0.05) is 0 Å². The maximum absolute atomic E-state index is 10.1. The van der Waals surface area contributed by atoms with Crippen LogP contribution in [0.2, 0.25) is 0 Å². The monoisotopic (exact) mass is 159 g/mol. The van der Waals surface area contributed by atoms with Gasteiger partial charge in [-0.05, 0) is 13.3 Å². The Hall–Kier alpha value is -1.03. The zero-order chi connectivity index (χ0) is 8.69. The van der Waals surface area contributed by atoms with Gasteiger partial charge in [-0.2, -0.15) is 0 Å². The van der Waals surface area contributed by atoms with Crippen molar-refractivity contribution >= 4 is 6.09 Å². The molecule has 0 aromatic heterocycles. The minimum Gasteiger partial charge on any atom is -0.465 e. The number of nitrogens with one attached hydrogen (secondary N) is 1. The normalized spacial score (nSPS) is 13.3. The van der Waals surface area contributed by atoms with E-state index in [-0.39, 0.29) is 12.6 Å². The first-order chi connectivity index (χ1) is 5.20. The molecule has 0 saturated carbocycles. The molecule has 1 unspecified atom stereocenters. The fourth-order valence-corrected chi connectivity index (χ4v) is 0.654. The smallest absolute Gasteiger partial charge is 0.404 e. The van der Waals surface area contributed by atoms with E-state index in [2.05, 4.69) is 5.32 Å². The van der Waals surface area contributed by atoms with Crippen LogP contribution in [0.4, 0.5) is 4.79 Å². The maximum atomic E-state index is 10.1. The highest BCUT2D eigenvalue weighted by Gasteiger charge is 2.06. The van der Waals surface area contributed by atoms with Crippen molar-refractivity contribution in [3.63, 3.8) is 0 Å². The molecule has 0 aromatic rings. The molecule has 0 saturated heterocycles. The number of amides is 1. The number of aliphatic hydroxyl groups excluding tert-OH is 1. The van der Waals surface area contributed by atoms with Gasteiger partial charge in [-0.15, -0.1) is 0 Å². The summed E-state index contributed by atoms with van der Waals surface area (Å²) in [4.78, 5) is 10.1. The van der Waals surface area contributed by atoms with Gasteiger partial charge in [-0.25, -0.2) is 4.79 Å². The van der Waals surface area contributed by atoms with E-state index in [1.807, 2.05) is 13.0 Å². The molecule has 1 atom stereocenters. The van der Waals surface area contributed by atoms with Crippen molar-refractivity contribution in [3.05, 3.63) is 12.2 Å². The molecule has 0 fully saturated rings. The molecule has 0 aliphatic carbocycles. The summed E-state index contributed by atoms with van der Waals surface area (Å²) in [5.74, 6) is 0. The van der Waals surface area contributed by atoms with Crippen LogP contribution < -0.4 is 5.32 Å². The maximum Gasteiger partial charge on any atom is 0.404 e. The predicted octanol–water partition coefficient (Wildman–Crippen LogP) is 0.581. The van der Waals surface area contributed by atoms with E-state index in [1.165, 1.54) is 0 Å². The van der Waals surface area contributed by atoms with Crippen LogP contribution in [0.3, 0.4) is 0 Å². The molecule has 0 aliphatic rings. The first-order valence-corrected chi connectivity index (χ1v) is 3.42. The van der Waals surface area contributed by atoms with Gasteiger partial charge in [-0.3, -0.25) is 0 Å². The summed E-state index contributed by atoms with van der Waals surface area (Å²) < 4.78 is 0. The summed E-state index contributed by atoms with van der Waals surface area (Å²) in [6.07, 6.45) is 3.04. The number of carbonyl (C=O) groups is 1. The average Bonchev–Trinajstić information content (AvgIpc) is 1.97. The molecule has 3 N–H and O–H groups in total. The SMILES string of the molecule is CC=CCC(CO)NC(=O)O. The molecular weight excluding hydrogens is 146 g/mol. The number of hydrogen-bond donors (Lipinski definition) is 3. The summed E-state index contributed by atoms with van der Waals surface area (Å²) in [5.41, 5.74) is 0. The summed E-state index contributed by atoms with van der Waals surface area (Å²) in [7, 11) is 0. The van der Waals surface area contributed by atoms with E-state index in [1.54, 1.807) is 6.08 Å². The predicted molar refractivity (Wildman–Crippen MR) is 41.5 cm³/mol. The molecular formula is C7H13NO3. The first-order valence-electron chi connectivity index (χ1n) is 3.42. The zero-order valence-corrected chi connectivity index (χ0v) is 6.45. The van der Waals surface area contributed by atoms with Crippen LogP contribution in [0, 0.1) is 0 Å². The van der Waals surface area contributed by atoms with Crippen molar-refractivity contribution in [2.45, 2.75) is 19.4 Å². The van der Waals surface area contributed by atoms with Crippen LogP contribution in [0.1, 0.15) is 13.3 Å². The fourth-order valence-electron chi connectivity index (χ4n) is 0.654. The molecule has 0 bridgehead atoms. The van der Waals surface area contributed by atoms with Crippen molar-refractivity contribution in [2.24, 2.45) is 0 Å². The van der Waals surface area contributed by atoms with Crippen LogP contribution in [-0.2, 0) is 0 Å². The van der Waals surface area contributed by atoms with Gasteiger partial charge < -0.3 is 15.5 Å². The van der Waals surface area contributed by atoms with Gasteiger partial charge in [0.05, 0.1) is 12.6 Å². The van der Waals surface area contributed by atoms with Crippen molar-refractivity contribution in [1.29, 1.82) is 0 Å². The van der Waals surface area contributed by atoms with Crippen LogP contribution in [0.15, 0.2) is 12.2 Å². The van der Waals surface area contributed by atoms with Gasteiger partial charge in [-0.1, -0.05) is 12.2 Å². The Morgan fingerprint density at radius 2 is 2.36 bits per heavy atom. The van der Waals surface area contributed by atoms with Gasteiger partial charge in [0.25, 0.3) is 0 Å². The summed E-state index contributed by atoms with van der Waals surface area (Å²) in [6, 6.07) is -0.385. The van der Waals surface area contributed by atoms with E-state index < -0.39 is 6.09 Å². The van der Waals surface area contributed by atoms with E-state index in [9.17, 15) is 4.79 Å². The molecule has 11 heavy (non-hydrogen) atoms. The Balaban J connectivity index is 3.66. The van der Waals surface area contributed by atoms with E-state index in [0.29, 0.717) is 6.42 Å². The largest absolute Gasteiger partial charge is 0.465 e. The van der Waals surface area contributed by atoms with E-state index in [4.69, 9.17) is 10.2 Å². The second-order valence-corrected chi connectivity index (χ2v) is 2.13. The molecule has 4 nitrogen and oxygen atoms in total. The molecule has 64 valence electrons. The van der Waals surface area contributed by atoms with Crippen molar-refractivity contribution < 1.29 is 15.0 Å². The highest BCUT2D eigenvalue weighted by atomic mass is 16.4. The number of hydrogen-bond acceptors (Lipinski definition) is 2. The second kappa shape index (κ2) is 5.73. The van der Waals surface area contributed by atoms with Crippen LogP contribution in [0.5, 0.6) is 0 Å². The standard InChI is InChI=1S/C7H13NO3/c1-2-3-4-6(5-9)8-7(10)11/h2-3,6,8-9H,4-5H2,1H3,(H,10,11). The molecule has 4 heteroatoms. The number of aliphatic hydroxyl groups is 1. The second-order valence-electron chi connectivity index (χ2n) is 2.13. The highest BCUT2D eigenvalue weighted by Crippen LogP contribution is 1.92. The van der Waals surface area contributed by atoms with E-state index >= 15 is 0 Å². The van der Waals surface area contributed by atoms with Crippen LogP contribution in [-0.4, -0.2) is 29.0 Å². The third-order valence-corrected chi connectivity index (χ3v) is 1.20. The topological polar surface area (TPSA) is 69.6 Å². The van der Waals surface area contributed by atoms with Gasteiger partial charge in [0.2, 0.25) is 0 Å². The fraction of sp³-hybridized carbons (Fsp3) is 0.571. The van der Waals surface area contributed by atoms with Crippen molar-refractivity contribution in [3.8, 4) is 0 Å². The number of carboxylic acid groups (broad SMARTS) is 1.